The Morgan fingerprint density at radius 2 is 1.74 bits per heavy atom. The lowest BCUT2D eigenvalue weighted by Gasteiger charge is -2.36. The van der Waals surface area contributed by atoms with Crippen LogP contribution in [-0.4, -0.2) is 60.1 Å². The fourth-order valence-corrected chi connectivity index (χ4v) is 3.62. The summed E-state index contributed by atoms with van der Waals surface area (Å²) in [4.78, 5) is 52.9. The van der Waals surface area contributed by atoms with E-state index >= 15 is 0 Å². The molecular weight excluding hydrogens is 438 g/mol. The minimum atomic E-state index is -0.965. The molecule has 3 amide bonds. The molecule has 0 spiro atoms. The molecule has 188 valence electrons. The van der Waals surface area contributed by atoms with Crippen LogP contribution in [0.4, 0.5) is 4.79 Å². The lowest BCUT2D eigenvalue weighted by atomic mass is 9.96. The lowest BCUT2D eigenvalue weighted by Crippen LogP contribution is -2.55. The van der Waals surface area contributed by atoms with E-state index in [0.29, 0.717) is 5.56 Å². The number of esters is 1. The van der Waals surface area contributed by atoms with Crippen LogP contribution in [0.25, 0.3) is 0 Å². The number of benzene rings is 1. The van der Waals surface area contributed by atoms with Crippen LogP contribution in [0.2, 0.25) is 0 Å². The van der Waals surface area contributed by atoms with E-state index in [1.165, 1.54) is 7.11 Å². The number of carbonyl (C=O) groups excluding carboxylic acids is 4. The molecule has 0 aromatic heterocycles. The number of nitrogens with one attached hydrogen (secondary N) is 2. The highest BCUT2D eigenvalue weighted by atomic mass is 16.6. The number of hydrogen-bond acceptors (Lipinski definition) is 6. The van der Waals surface area contributed by atoms with Gasteiger partial charge in [0.25, 0.3) is 0 Å². The Morgan fingerprint density at radius 1 is 1.12 bits per heavy atom. The van der Waals surface area contributed by atoms with E-state index in [9.17, 15) is 19.2 Å². The maximum atomic E-state index is 13.9. The third-order valence-corrected chi connectivity index (χ3v) is 5.44. The minimum Gasteiger partial charge on any atom is -0.468 e. The molecule has 0 radical (unpaired) electrons. The Bertz CT molecular complexity index is 904. The zero-order chi connectivity index (χ0) is 25.6. The van der Waals surface area contributed by atoms with Crippen molar-refractivity contribution in [2.75, 3.05) is 13.7 Å². The van der Waals surface area contributed by atoms with Gasteiger partial charge in [0, 0.05) is 6.04 Å². The number of carbonyl (C=O) groups is 4. The van der Waals surface area contributed by atoms with E-state index < -0.39 is 35.7 Å². The number of nitrogens with zero attached hydrogens (tertiary/aromatic N) is 1. The molecule has 0 bridgehead atoms. The first-order valence-corrected chi connectivity index (χ1v) is 11.6. The molecule has 0 heterocycles. The quantitative estimate of drug-likeness (QED) is 0.531. The summed E-state index contributed by atoms with van der Waals surface area (Å²) in [5, 5.41) is 5.29. The summed E-state index contributed by atoms with van der Waals surface area (Å²) in [5.74, 6) is -1.70. The van der Waals surface area contributed by atoms with Crippen LogP contribution in [0, 0.1) is 12.8 Å². The summed E-state index contributed by atoms with van der Waals surface area (Å²) >= 11 is 0. The molecule has 2 N–H and O–H groups in total. The Kier molecular flexibility index (Phi) is 9.06. The Hall–Kier alpha value is -3.10. The van der Waals surface area contributed by atoms with Crippen molar-refractivity contribution in [3.8, 4) is 0 Å². The van der Waals surface area contributed by atoms with Crippen molar-refractivity contribution in [1.82, 2.24) is 15.5 Å². The van der Waals surface area contributed by atoms with Gasteiger partial charge in [0.1, 0.15) is 24.2 Å². The van der Waals surface area contributed by atoms with Crippen LogP contribution in [-0.2, 0) is 23.9 Å². The average Bonchev–Trinajstić information content (AvgIpc) is 3.57. The van der Waals surface area contributed by atoms with Gasteiger partial charge in [-0.3, -0.25) is 14.4 Å². The number of alkyl carbamates (subject to hydrolysis) is 1. The molecule has 2 rings (SSSR count). The van der Waals surface area contributed by atoms with Gasteiger partial charge in [-0.05, 0) is 57.6 Å². The van der Waals surface area contributed by atoms with Gasteiger partial charge >= 0.3 is 12.1 Å². The van der Waals surface area contributed by atoms with E-state index in [4.69, 9.17) is 4.74 Å². The highest BCUT2D eigenvalue weighted by Crippen LogP contribution is 2.37. The van der Waals surface area contributed by atoms with Crippen molar-refractivity contribution in [3.05, 3.63) is 35.4 Å². The summed E-state index contributed by atoms with van der Waals surface area (Å²) in [7, 11) is 1.24. The van der Waals surface area contributed by atoms with Crippen molar-refractivity contribution >= 4 is 23.9 Å². The summed E-state index contributed by atoms with van der Waals surface area (Å²) < 4.78 is 10.00. The van der Waals surface area contributed by atoms with Crippen molar-refractivity contribution in [2.45, 2.75) is 78.1 Å². The largest absolute Gasteiger partial charge is 0.468 e. The fourth-order valence-electron chi connectivity index (χ4n) is 3.62. The van der Waals surface area contributed by atoms with Gasteiger partial charge in [0.2, 0.25) is 11.8 Å². The van der Waals surface area contributed by atoms with Crippen LogP contribution in [0.15, 0.2) is 24.3 Å². The van der Waals surface area contributed by atoms with Crippen LogP contribution in [0.5, 0.6) is 0 Å². The number of aryl methyl sites for hydroxylation is 1. The second-order valence-corrected chi connectivity index (χ2v) is 9.90. The second-order valence-electron chi connectivity index (χ2n) is 9.90. The summed E-state index contributed by atoms with van der Waals surface area (Å²) in [6, 6.07) is 5.31. The van der Waals surface area contributed by atoms with E-state index in [-0.39, 0.29) is 24.4 Å². The van der Waals surface area contributed by atoms with E-state index in [1.807, 2.05) is 32.9 Å². The predicted octanol–water partition coefficient (Wildman–Crippen LogP) is 2.87. The average molecular weight is 476 g/mol. The highest BCUT2D eigenvalue weighted by Gasteiger charge is 2.45. The monoisotopic (exact) mass is 475 g/mol. The zero-order valence-electron chi connectivity index (χ0n) is 21.1. The first-order valence-electron chi connectivity index (χ1n) is 11.6. The smallest absolute Gasteiger partial charge is 0.408 e. The molecule has 1 aliphatic rings. The van der Waals surface area contributed by atoms with Crippen molar-refractivity contribution in [2.24, 2.45) is 5.92 Å². The van der Waals surface area contributed by atoms with Crippen molar-refractivity contribution < 1.29 is 28.7 Å². The maximum Gasteiger partial charge on any atom is 0.408 e. The third-order valence-electron chi connectivity index (χ3n) is 5.44. The Balaban J connectivity index is 2.42. The normalized spacial score (nSPS) is 15.2. The first kappa shape index (κ1) is 27.1. The topological polar surface area (TPSA) is 114 Å². The van der Waals surface area contributed by atoms with E-state index in [2.05, 4.69) is 15.4 Å². The number of rotatable bonds is 9. The van der Waals surface area contributed by atoms with Crippen LogP contribution in [0.1, 0.15) is 64.6 Å². The molecule has 1 aromatic rings. The molecule has 1 aromatic carbocycles. The molecule has 0 aliphatic heterocycles. The highest BCUT2D eigenvalue weighted by molar-refractivity contribution is 5.94. The van der Waals surface area contributed by atoms with Gasteiger partial charge in [0.15, 0.2) is 0 Å². The molecule has 9 heteroatoms. The maximum absolute atomic E-state index is 13.9. The number of amides is 3. The second kappa shape index (κ2) is 11.4. The number of methoxy groups -OCH3 is 1. The van der Waals surface area contributed by atoms with Gasteiger partial charge in [0.05, 0.1) is 7.11 Å². The molecule has 9 nitrogen and oxygen atoms in total. The van der Waals surface area contributed by atoms with Crippen LogP contribution >= 0.6 is 0 Å². The zero-order valence-corrected chi connectivity index (χ0v) is 21.1. The molecule has 2 atom stereocenters. The lowest BCUT2D eigenvalue weighted by molar-refractivity contribution is -0.145. The summed E-state index contributed by atoms with van der Waals surface area (Å²) in [5.41, 5.74) is 0.771. The molecule has 34 heavy (non-hydrogen) atoms. The molecule has 0 saturated heterocycles. The van der Waals surface area contributed by atoms with Gasteiger partial charge < -0.3 is 25.0 Å². The van der Waals surface area contributed by atoms with Crippen molar-refractivity contribution in [1.29, 1.82) is 0 Å². The fraction of sp³-hybridized carbons (Fsp3) is 0.600. The number of ether oxygens (including phenoxy) is 2. The standard InChI is InChI=1S/C25H37N3O6/c1-15(2)20(27-24(32)34-25(4,5)6)23(31)28(17-12-13-17)21(18-11-9-8-10-16(18)3)22(30)26-14-19(29)33-7/h8-11,15,17,20-21H,12-14H2,1-7H3,(H,26,30)(H,27,32). The number of hydrogen-bond donors (Lipinski definition) is 2. The molecule has 1 fully saturated rings. The van der Waals surface area contributed by atoms with E-state index in [1.54, 1.807) is 37.8 Å². The van der Waals surface area contributed by atoms with Crippen LogP contribution in [0.3, 0.4) is 0 Å². The van der Waals surface area contributed by atoms with Gasteiger partial charge in [-0.15, -0.1) is 0 Å². The molecule has 2 unspecified atom stereocenters. The molecular formula is C25H37N3O6. The van der Waals surface area contributed by atoms with Gasteiger partial charge in [-0.25, -0.2) is 4.79 Å². The SMILES string of the molecule is COC(=O)CNC(=O)C(c1ccccc1C)N(C(=O)C(NC(=O)OC(C)(C)C)C(C)C)C1CC1. The predicted molar refractivity (Wildman–Crippen MR) is 127 cm³/mol. The third kappa shape index (κ3) is 7.46. The summed E-state index contributed by atoms with van der Waals surface area (Å²) in [6.45, 7) is 10.4. The summed E-state index contributed by atoms with van der Waals surface area (Å²) in [6.07, 6.45) is 0.795. The van der Waals surface area contributed by atoms with E-state index in [0.717, 1.165) is 18.4 Å². The Morgan fingerprint density at radius 3 is 2.24 bits per heavy atom. The van der Waals surface area contributed by atoms with Crippen molar-refractivity contribution in [3.63, 3.8) is 0 Å². The first-order chi connectivity index (χ1) is 15.9. The van der Waals surface area contributed by atoms with Gasteiger partial charge in [-0.1, -0.05) is 38.1 Å². The van der Waals surface area contributed by atoms with Gasteiger partial charge in [-0.2, -0.15) is 0 Å². The molecule has 1 aliphatic carbocycles. The molecule has 1 saturated carbocycles. The Labute approximate surface area is 201 Å². The van der Waals surface area contributed by atoms with Crippen LogP contribution < -0.4 is 10.6 Å². The minimum absolute atomic E-state index is 0.150.